The van der Waals surface area contributed by atoms with Crippen molar-refractivity contribution in [1.29, 1.82) is 0 Å². The normalized spacial score (nSPS) is 14.3. The Bertz CT molecular complexity index is 1540. The fraction of sp³-hybridized carbons (Fsp3) is 0.129. The number of ether oxygens (including phenoxy) is 1. The second-order valence-corrected chi connectivity index (χ2v) is 9.82. The lowest BCUT2D eigenvalue weighted by molar-refractivity contribution is -0.127. The minimum absolute atomic E-state index is 0.247. The quantitative estimate of drug-likeness (QED) is 0.262. The van der Waals surface area contributed by atoms with Gasteiger partial charge in [0.1, 0.15) is 18.9 Å². The first-order chi connectivity index (χ1) is 18.5. The molecule has 5 rings (SSSR count). The van der Waals surface area contributed by atoms with Crippen molar-refractivity contribution in [3.63, 3.8) is 0 Å². The molecule has 1 fully saturated rings. The predicted molar refractivity (Wildman–Crippen MR) is 152 cm³/mol. The zero-order valence-corrected chi connectivity index (χ0v) is 21.7. The van der Waals surface area contributed by atoms with Crippen molar-refractivity contribution >= 4 is 51.4 Å². The summed E-state index contributed by atoms with van der Waals surface area (Å²) < 4.78 is 6.15. The van der Waals surface area contributed by atoms with Crippen molar-refractivity contribution in [2.24, 2.45) is 0 Å². The summed E-state index contributed by atoms with van der Waals surface area (Å²) in [5, 5.41) is 4.52. The van der Waals surface area contributed by atoms with Crippen molar-refractivity contribution < 1.29 is 19.1 Å². The van der Waals surface area contributed by atoms with E-state index in [1.165, 1.54) is 0 Å². The third-order valence-electron chi connectivity index (χ3n) is 6.29. The van der Waals surface area contributed by atoms with Gasteiger partial charge in [0, 0.05) is 11.3 Å². The summed E-state index contributed by atoms with van der Waals surface area (Å²) in [5.41, 5.74) is 3.50. The van der Waals surface area contributed by atoms with E-state index in [2.05, 4.69) is 30.4 Å². The highest BCUT2D eigenvalue weighted by atomic mass is 32.2. The second-order valence-electron chi connectivity index (χ2n) is 8.83. The number of thioether (sulfide) groups is 1. The van der Waals surface area contributed by atoms with Crippen molar-refractivity contribution in [3.8, 4) is 5.75 Å². The van der Waals surface area contributed by atoms with Gasteiger partial charge < -0.3 is 10.1 Å². The second kappa shape index (κ2) is 11.4. The number of rotatable bonds is 8. The van der Waals surface area contributed by atoms with Crippen LogP contribution in [0.3, 0.4) is 0 Å². The molecule has 0 saturated carbocycles. The summed E-state index contributed by atoms with van der Waals surface area (Å²) in [5.74, 6) is -0.336. The zero-order valence-electron chi connectivity index (χ0n) is 20.8. The van der Waals surface area contributed by atoms with Gasteiger partial charge in [0.2, 0.25) is 5.91 Å². The third-order valence-corrected chi connectivity index (χ3v) is 7.20. The molecule has 1 aliphatic heterocycles. The lowest BCUT2D eigenvalue weighted by atomic mass is 10.1. The van der Waals surface area contributed by atoms with Gasteiger partial charge in [-0.05, 0) is 64.4 Å². The van der Waals surface area contributed by atoms with E-state index in [-0.39, 0.29) is 11.4 Å². The Morgan fingerprint density at radius 3 is 2.47 bits per heavy atom. The Hall–Kier alpha value is -4.36. The fourth-order valence-electron chi connectivity index (χ4n) is 4.25. The molecule has 0 spiro atoms. The minimum atomic E-state index is -0.500. The number of carbonyl (C=O) groups excluding carboxylic acids is 3. The van der Waals surface area contributed by atoms with E-state index in [0.717, 1.165) is 45.0 Å². The molecule has 4 aromatic carbocycles. The number of nitrogens with zero attached hydrogens (tertiary/aromatic N) is 1. The number of para-hydroxylation sites is 1. The van der Waals surface area contributed by atoms with Gasteiger partial charge >= 0.3 is 0 Å². The molecule has 38 heavy (non-hydrogen) atoms. The van der Waals surface area contributed by atoms with E-state index in [1.54, 1.807) is 18.2 Å². The van der Waals surface area contributed by atoms with Crippen LogP contribution >= 0.6 is 11.8 Å². The number of fused-ring (bicyclic) bond motifs is 1. The molecule has 3 amide bonds. The molecule has 1 saturated heterocycles. The molecule has 1 N–H and O–H groups in total. The van der Waals surface area contributed by atoms with Gasteiger partial charge in [0.05, 0.1) is 4.91 Å². The first-order valence-corrected chi connectivity index (χ1v) is 13.2. The molecule has 1 aliphatic rings. The highest BCUT2D eigenvalue weighted by Gasteiger charge is 2.36. The number of carbonyl (C=O) groups is 3. The largest absolute Gasteiger partial charge is 0.488 e. The standard InChI is InChI=1S/C31H26N2O4S/c1-2-21-14-16-25(17-15-21)32-29(34)19-33-30(35)28(38-31(33)36)18-23-9-4-6-13-27(23)37-20-24-11-7-10-22-8-3-5-12-26(22)24/h3-18H,2,19-20H2,1H3,(H,32,34)/b28-18-. The Morgan fingerprint density at radius 2 is 1.66 bits per heavy atom. The lowest BCUT2D eigenvalue weighted by Gasteiger charge is -2.13. The van der Waals surface area contributed by atoms with Crippen molar-refractivity contribution in [2.45, 2.75) is 20.0 Å². The Labute approximate surface area is 225 Å². The SMILES string of the molecule is CCc1ccc(NC(=O)CN2C(=O)S/C(=C\c3ccccc3OCc3cccc4ccccc34)C2=O)cc1. The Balaban J connectivity index is 1.28. The summed E-state index contributed by atoms with van der Waals surface area (Å²) in [4.78, 5) is 39.4. The Kier molecular flexibility index (Phi) is 7.56. The van der Waals surface area contributed by atoms with E-state index >= 15 is 0 Å². The molecule has 0 radical (unpaired) electrons. The van der Waals surface area contributed by atoms with E-state index in [9.17, 15) is 14.4 Å². The molecule has 0 aliphatic carbocycles. The van der Waals surface area contributed by atoms with E-state index in [1.807, 2.05) is 60.7 Å². The van der Waals surface area contributed by atoms with Crippen LogP contribution in [-0.4, -0.2) is 28.5 Å². The maximum atomic E-state index is 13.0. The van der Waals surface area contributed by atoms with Crippen LogP contribution in [0.5, 0.6) is 5.75 Å². The van der Waals surface area contributed by atoms with Crippen LogP contribution in [0.1, 0.15) is 23.6 Å². The average Bonchev–Trinajstić information content (AvgIpc) is 3.20. The van der Waals surface area contributed by atoms with Crippen molar-refractivity contribution in [3.05, 3.63) is 113 Å². The average molecular weight is 523 g/mol. The molecule has 1 heterocycles. The molecule has 6 nitrogen and oxygen atoms in total. The van der Waals surface area contributed by atoms with E-state index in [4.69, 9.17) is 4.74 Å². The predicted octanol–water partition coefficient (Wildman–Crippen LogP) is 6.66. The highest BCUT2D eigenvalue weighted by Crippen LogP contribution is 2.34. The number of aryl methyl sites for hydroxylation is 1. The number of imide groups is 1. The van der Waals surface area contributed by atoms with Gasteiger partial charge in [0.15, 0.2) is 0 Å². The number of hydrogen-bond acceptors (Lipinski definition) is 5. The van der Waals surface area contributed by atoms with Crippen LogP contribution in [0.15, 0.2) is 95.9 Å². The van der Waals surface area contributed by atoms with E-state index in [0.29, 0.717) is 23.6 Å². The monoisotopic (exact) mass is 522 g/mol. The fourth-order valence-corrected chi connectivity index (χ4v) is 5.08. The molecule has 0 unspecified atom stereocenters. The molecule has 7 heteroatoms. The van der Waals surface area contributed by atoms with Crippen LogP contribution in [0, 0.1) is 0 Å². The number of nitrogens with one attached hydrogen (secondary N) is 1. The molecule has 190 valence electrons. The van der Waals surface area contributed by atoms with Gasteiger partial charge in [-0.15, -0.1) is 0 Å². The number of amides is 3. The molecule has 0 bridgehead atoms. The van der Waals surface area contributed by atoms with Gasteiger partial charge in [-0.1, -0.05) is 79.7 Å². The minimum Gasteiger partial charge on any atom is -0.488 e. The lowest BCUT2D eigenvalue weighted by Crippen LogP contribution is -2.36. The van der Waals surface area contributed by atoms with Gasteiger partial charge in [0.25, 0.3) is 11.1 Å². The van der Waals surface area contributed by atoms with Crippen LogP contribution in [0.2, 0.25) is 0 Å². The summed E-state index contributed by atoms with van der Waals surface area (Å²) in [6.45, 7) is 2.06. The maximum Gasteiger partial charge on any atom is 0.294 e. The summed E-state index contributed by atoms with van der Waals surface area (Å²) >= 11 is 0.818. The zero-order chi connectivity index (χ0) is 26.5. The number of anilines is 1. The topological polar surface area (TPSA) is 75.7 Å². The molecule has 0 atom stereocenters. The Morgan fingerprint density at radius 1 is 0.921 bits per heavy atom. The van der Waals surface area contributed by atoms with Crippen LogP contribution < -0.4 is 10.1 Å². The molecular formula is C31H26N2O4S. The summed E-state index contributed by atoms with van der Waals surface area (Å²) in [6.07, 6.45) is 2.54. The first-order valence-electron chi connectivity index (χ1n) is 12.3. The van der Waals surface area contributed by atoms with Crippen LogP contribution in [0.4, 0.5) is 10.5 Å². The van der Waals surface area contributed by atoms with Crippen molar-refractivity contribution in [2.75, 3.05) is 11.9 Å². The third kappa shape index (κ3) is 5.63. The van der Waals surface area contributed by atoms with Gasteiger partial charge in [-0.3, -0.25) is 19.3 Å². The smallest absolute Gasteiger partial charge is 0.294 e. The summed E-state index contributed by atoms with van der Waals surface area (Å²) in [6, 6.07) is 29.0. The number of benzene rings is 4. The van der Waals surface area contributed by atoms with Crippen LogP contribution in [0.25, 0.3) is 16.8 Å². The van der Waals surface area contributed by atoms with Crippen molar-refractivity contribution in [1.82, 2.24) is 4.90 Å². The molecule has 4 aromatic rings. The number of hydrogen-bond donors (Lipinski definition) is 1. The molecular weight excluding hydrogens is 496 g/mol. The maximum absolute atomic E-state index is 13.0. The van der Waals surface area contributed by atoms with E-state index < -0.39 is 17.1 Å². The molecule has 0 aromatic heterocycles. The van der Waals surface area contributed by atoms with Gasteiger partial charge in [-0.25, -0.2) is 0 Å². The summed E-state index contributed by atoms with van der Waals surface area (Å²) in [7, 11) is 0. The van der Waals surface area contributed by atoms with Gasteiger partial charge in [-0.2, -0.15) is 0 Å². The highest BCUT2D eigenvalue weighted by molar-refractivity contribution is 8.18. The first kappa shape index (κ1) is 25.3. The van der Waals surface area contributed by atoms with Crippen LogP contribution in [-0.2, 0) is 22.6 Å².